The van der Waals surface area contributed by atoms with Crippen LogP contribution in [0.15, 0.2) is 34.4 Å². The van der Waals surface area contributed by atoms with Crippen molar-refractivity contribution in [2.75, 3.05) is 45.5 Å². The molecular weight excluding hydrogens is 332 g/mol. The first kappa shape index (κ1) is 18.2. The zero-order valence-electron chi connectivity index (χ0n) is 13.8. The van der Waals surface area contributed by atoms with E-state index in [-0.39, 0.29) is 36.9 Å². The normalized spacial score (nSPS) is 14.2. The Morgan fingerprint density at radius 2 is 2.17 bits per heavy atom. The number of benzene rings is 1. The number of hydrogen-bond donors (Lipinski definition) is 2. The highest BCUT2D eigenvalue weighted by atomic mass is 32.2. The number of nitrogens with zero attached hydrogens (tertiary/aromatic N) is 1. The molecule has 24 heavy (non-hydrogen) atoms. The smallest absolute Gasteiger partial charge is 0.337 e. The van der Waals surface area contributed by atoms with E-state index >= 15 is 0 Å². The van der Waals surface area contributed by atoms with Crippen LogP contribution in [0.1, 0.15) is 0 Å². The number of carbonyl (C=O) groups is 2. The number of carbonyl (C=O) groups excluding carboxylic acids is 2. The van der Waals surface area contributed by atoms with Crippen molar-refractivity contribution >= 4 is 29.3 Å². The van der Waals surface area contributed by atoms with Crippen LogP contribution >= 0.6 is 11.8 Å². The second-order valence-electron chi connectivity index (χ2n) is 4.99. The summed E-state index contributed by atoms with van der Waals surface area (Å²) in [6.45, 7) is 0.0807. The maximum absolute atomic E-state index is 12.5. The predicted molar refractivity (Wildman–Crippen MR) is 91.1 cm³/mol. The molecule has 0 fully saturated rings. The van der Waals surface area contributed by atoms with E-state index < -0.39 is 5.97 Å². The van der Waals surface area contributed by atoms with Crippen LogP contribution in [0, 0.1) is 0 Å². The van der Waals surface area contributed by atoms with Gasteiger partial charge in [-0.3, -0.25) is 4.79 Å². The molecule has 1 amide bonds. The minimum absolute atomic E-state index is 0.106. The van der Waals surface area contributed by atoms with Gasteiger partial charge in [0, 0.05) is 23.2 Å². The highest BCUT2D eigenvalue weighted by Crippen LogP contribution is 2.31. The molecular formula is C16H20N2O5S. The topological polar surface area (TPSA) is 88.1 Å². The fourth-order valence-corrected chi connectivity index (χ4v) is 2.95. The SMILES string of the molecule is COC(=O)C1=C(Nc2ccc(SC)c(OC)c2)C(=O)N(CCO)C1. The highest BCUT2D eigenvalue weighted by Gasteiger charge is 2.34. The van der Waals surface area contributed by atoms with E-state index in [1.165, 1.54) is 12.0 Å². The summed E-state index contributed by atoms with van der Waals surface area (Å²) in [6.07, 6.45) is 1.94. The quantitative estimate of drug-likeness (QED) is 0.561. The molecule has 0 saturated carbocycles. The van der Waals surface area contributed by atoms with Crippen molar-refractivity contribution in [2.24, 2.45) is 0 Å². The molecule has 0 unspecified atom stereocenters. The summed E-state index contributed by atoms with van der Waals surface area (Å²) in [7, 11) is 2.84. The van der Waals surface area contributed by atoms with Crippen LogP contribution < -0.4 is 10.1 Å². The van der Waals surface area contributed by atoms with E-state index in [9.17, 15) is 9.59 Å². The van der Waals surface area contributed by atoms with Crippen molar-refractivity contribution in [1.29, 1.82) is 0 Å². The van der Waals surface area contributed by atoms with Crippen LogP contribution in [-0.4, -0.2) is 62.1 Å². The summed E-state index contributed by atoms with van der Waals surface area (Å²) in [6, 6.07) is 5.43. The number of anilines is 1. The average molecular weight is 352 g/mol. The number of β-amino-alcohol motifs (C(OH)–C–C–N with tert-alkyl or cyclic N) is 1. The third kappa shape index (κ3) is 3.65. The molecule has 0 aliphatic carbocycles. The van der Waals surface area contributed by atoms with E-state index in [0.29, 0.717) is 11.4 Å². The monoisotopic (exact) mass is 352 g/mol. The van der Waals surface area contributed by atoms with E-state index in [4.69, 9.17) is 14.6 Å². The zero-order valence-corrected chi connectivity index (χ0v) is 14.6. The number of rotatable bonds is 7. The van der Waals surface area contributed by atoms with Crippen molar-refractivity contribution < 1.29 is 24.2 Å². The number of esters is 1. The van der Waals surface area contributed by atoms with Crippen molar-refractivity contribution in [3.63, 3.8) is 0 Å². The molecule has 130 valence electrons. The van der Waals surface area contributed by atoms with Gasteiger partial charge in [-0.1, -0.05) is 0 Å². The van der Waals surface area contributed by atoms with Gasteiger partial charge in [-0.25, -0.2) is 4.79 Å². The van der Waals surface area contributed by atoms with E-state index in [1.54, 1.807) is 31.0 Å². The highest BCUT2D eigenvalue weighted by molar-refractivity contribution is 7.98. The van der Waals surface area contributed by atoms with Gasteiger partial charge >= 0.3 is 5.97 Å². The first-order valence-electron chi connectivity index (χ1n) is 7.26. The van der Waals surface area contributed by atoms with Crippen LogP contribution in [0.5, 0.6) is 5.75 Å². The molecule has 0 radical (unpaired) electrons. The minimum Gasteiger partial charge on any atom is -0.496 e. The van der Waals surface area contributed by atoms with Gasteiger partial charge in [-0.2, -0.15) is 0 Å². The summed E-state index contributed by atoms with van der Waals surface area (Å²) >= 11 is 1.55. The summed E-state index contributed by atoms with van der Waals surface area (Å²) in [4.78, 5) is 26.8. The lowest BCUT2D eigenvalue weighted by Crippen LogP contribution is -2.31. The van der Waals surface area contributed by atoms with E-state index in [1.807, 2.05) is 12.3 Å². The standard InChI is InChI=1S/C16H20N2O5S/c1-22-12-8-10(4-5-13(12)24-3)17-14-11(16(21)23-2)9-18(6-7-19)15(14)20/h4-5,8,17,19H,6-7,9H2,1-3H3. The minimum atomic E-state index is -0.570. The number of ether oxygens (including phenoxy) is 2. The van der Waals surface area contributed by atoms with Crippen molar-refractivity contribution in [2.45, 2.75) is 4.90 Å². The Kier molecular flexibility index (Phi) is 6.10. The number of thioether (sulfide) groups is 1. The Labute approximate surface area is 144 Å². The van der Waals surface area contributed by atoms with Crippen molar-refractivity contribution in [1.82, 2.24) is 4.90 Å². The van der Waals surface area contributed by atoms with Crippen LogP contribution in [0.25, 0.3) is 0 Å². The second kappa shape index (κ2) is 8.07. The molecule has 0 spiro atoms. The van der Waals surface area contributed by atoms with E-state index in [2.05, 4.69) is 5.32 Å². The largest absolute Gasteiger partial charge is 0.496 e. The number of amides is 1. The van der Waals surface area contributed by atoms with Crippen LogP contribution in [0.2, 0.25) is 0 Å². The third-order valence-corrected chi connectivity index (χ3v) is 4.38. The molecule has 1 aromatic carbocycles. The second-order valence-corrected chi connectivity index (χ2v) is 5.84. The summed E-state index contributed by atoms with van der Waals surface area (Å²) in [5, 5.41) is 12.0. The predicted octanol–water partition coefficient (Wildman–Crippen LogP) is 1.09. The molecule has 7 nitrogen and oxygen atoms in total. The number of aliphatic hydroxyl groups is 1. The molecule has 0 aromatic heterocycles. The maximum Gasteiger partial charge on any atom is 0.337 e. The van der Waals surface area contributed by atoms with Gasteiger partial charge in [0.05, 0.1) is 32.9 Å². The fourth-order valence-electron chi connectivity index (χ4n) is 2.41. The van der Waals surface area contributed by atoms with Gasteiger partial charge < -0.3 is 24.8 Å². The molecule has 1 aliphatic rings. The zero-order chi connectivity index (χ0) is 17.7. The maximum atomic E-state index is 12.5. The Bertz CT molecular complexity index is 674. The molecule has 1 aliphatic heterocycles. The lowest BCUT2D eigenvalue weighted by atomic mass is 10.2. The summed E-state index contributed by atoms with van der Waals surface area (Å²) in [5.74, 6) is -0.248. The van der Waals surface area contributed by atoms with Crippen molar-refractivity contribution in [3.8, 4) is 5.75 Å². The van der Waals surface area contributed by atoms with Gasteiger partial charge in [-0.15, -0.1) is 11.8 Å². The van der Waals surface area contributed by atoms with Gasteiger partial charge in [0.2, 0.25) is 0 Å². The van der Waals surface area contributed by atoms with Gasteiger partial charge in [0.25, 0.3) is 5.91 Å². The van der Waals surface area contributed by atoms with Gasteiger partial charge in [-0.05, 0) is 18.4 Å². The fraction of sp³-hybridized carbons (Fsp3) is 0.375. The number of nitrogens with one attached hydrogen (secondary N) is 1. The third-order valence-electron chi connectivity index (χ3n) is 3.61. The number of hydrogen-bond acceptors (Lipinski definition) is 7. The van der Waals surface area contributed by atoms with Gasteiger partial charge in [0.1, 0.15) is 11.4 Å². The Hall–Kier alpha value is -2.19. The number of methoxy groups -OCH3 is 2. The van der Waals surface area contributed by atoms with Crippen molar-refractivity contribution in [3.05, 3.63) is 29.5 Å². The molecule has 2 rings (SSSR count). The molecule has 1 heterocycles. The Balaban J connectivity index is 2.33. The molecule has 0 saturated heterocycles. The number of aliphatic hydroxyl groups excluding tert-OH is 1. The lowest BCUT2D eigenvalue weighted by molar-refractivity contribution is -0.136. The first-order valence-corrected chi connectivity index (χ1v) is 8.48. The Morgan fingerprint density at radius 3 is 2.75 bits per heavy atom. The molecule has 0 bridgehead atoms. The van der Waals surface area contributed by atoms with Crippen LogP contribution in [0.3, 0.4) is 0 Å². The van der Waals surface area contributed by atoms with E-state index in [0.717, 1.165) is 4.90 Å². The van der Waals surface area contributed by atoms with Gasteiger partial charge in [0.15, 0.2) is 0 Å². The lowest BCUT2D eigenvalue weighted by Gasteiger charge is -2.15. The molecule has 0 atom stereocenters. The van der Waals surface area contributed by atoms with Crippen LogP contribution in [0.4, 0.5) is 5.69 Å². The molecule has 1 aromatic rings. The van der Waals surface area contributed by atoms with Crippen LogP contribution in [-0.2, 0) is 14.3 Å². The average Bonchev–Trinajstić information content (AvgIpc) is 2.91. The summed E-state index contributed by atoms with van der Waals surface area (Å²) in [5.41, 5.74) is 1.03. The molecule has 8 heteroatoms. The first-order chi connectivity index (χ1) is 11.5. The molecule has 2 N–H and O–H groups in total. The summed E-state index contributed by atoms with van der Waals surface area (Å²) < 4.78 is 10.1. The Morgan fingerprint density at radius 1 is 1.42 bits per heavy atom.